The summed E-state index contributed by atoms with van der Waals surface area (Å²) < 4.78 is 1.85. The number of nitrogens with zero attached hydrogens (tertiary/aromatic N) is 3. The zero-order valence-electron chi connectivity index (χ0n) is 10.1. The van der Waals surface area contributed by atoms with Crippen molar-refractivity contribution >= 4 is 17.3 Å². The summed E-state index contributed by atoms with van der Waals surface area (Å²) in [6.45, 7) is 0.815. The van der Waals surface area contributed by atoms with Gasteiger partial charge in [0.1, 0.15) is 11.8 Å². The van der Waals surface area contributed by atoms with E-state index in [9.17, 15) is 4.79 Å². The maximum absolute atomic E-state index is 11.1. The van der Waals surface area contributed by atoms with Crippen molar-refractivity contribution in [1.82, 2.24) is 15.0 Å². The molecule has 0 saturated heterocycles. The Morgan fingerprint density at radius 3 is 3.00 bits per heavy atom. The molecular formula is C13H15N3O2. The number of carbonyl (C=O) groups excluding carboxylic acids is 1. The van der Waals surface area contributed by atoms with Crippen LogP contribution in [0.15, 0.2) is 6.07 Å². The molecule has 5 heteroatoms. The molecule has 1 aliphatic carbocycles. The first kappa shape index (κ1) is 11.3. The first-order valence-electron chi connectivity index (χ1n) is 6.29. The van der Waals surface area contributed by atoms with Gasteiger partial charge >= 0.3 is 0 Å². The molecule has 0 bridgehead atoms. The fraction of sp³-hybridized carbons (Fsp3) is 0.462. The first-order valence-corrected chi connectivity index (χ1v) is 6.29. The molecule has 18 heavy (non-hydrogen) atoms. The van der Waals surface area contributed by atoms with Gasteiger partial charge in [-0.1, -0.05) is 5.21 Å². The van der Waals surface area contributed by atoms with Gasteiger partial charge in [0.05, 0.1) is 5.52 Å². The molecule has 0 spiro atoms. The maximum Gasteiger partial charge on any atom is 0.150 e. The van der Waals surface area contributed by atoms with Gasteiger partial charge in [0.2, 0.25) is 0 Å². The first-order chi connectivity index (χ1) is 8.85. The van der Waals surface area contributed by atoms with Gasteiger partial charge in [-0.2, -0.15) is 0 Å². The fourth-order valence-electron chi connectivity index (χ4n) is 2.77. The zero-order valence-corrected chi connectivity index (χ0v) is 10.1. The molecule has 1 aromatic carbocycles. The lowest BCUT2D eigenvalue weighted by molar-refractivity contribution is 0.112. The third-order valence-electron chi connectivity index (χ3n) is 3.56. The van der Waals surface area contributed by atoms with E-state index in [0.717, 1.165) is 47.7 Å². The number of aliphatic hydroxyl groups is 1. The summed E-state index contributed by atoms with van der Waals surface area (Å²) in [5.74, 6) is 0. The molecule has 1 N–H and O–H groups in total. The van der Waals surface area contributed by atoms with Crippen LogP contribution in [0.3, 0.4) is 0 Å². The van der Waals surface area contributed by atoms with Gasteiger partial charge in [-0.05, 0) is 42.9 Å². The number of aldehydes is 1. The molecule has 1 heterocycles. The summed E-state index contributed by atoms with van der Waals surface area (Å²) in [5.41, 5.74) is 4.96. The number of hydrogen-bond acceptors (Lipinski definition) is 4. The molecule has 2 aromatic rings. The van der Waals surface area contributed by atoms with Crippen LogP contribution in [0, 0.1) is 0 Å². The number of hydrogen-bond donors (Lipinski definition) is 1. The minimum atomic E-state index is 0.149. The lowest BCUT2D eigenvalue weighted by atomic mass is 10.0. The van der Waals surface area contributed by atoms with Crippen molar-refractivity contribution in [2.24, 2.45) is 0 Å². The highest BCUT2D eigenvalue weighted by molar-refractivity contribution is 5.90. The van der Waals surface area contributed by atoms with Crippen LogP contribution in [0.1, 0.15) is 34.3 Å². The number of carbonyl (C=O) groups is 1. The van der Waals surface area contributed by atoms with Gasteiger partial charge in [0, 0.05) is 18.7 Å². The quantitative estimate of drug-likeness (QED) is 0.819. The third-order valence-corrected chi connectivity index (χ3v) is 3.56. The lowest BCUT2D eigenvalue weighted by Crippen LogP contribution is -2.04. The second-order valence-electron chi connectivity index (χ2n) is 4.65. The average molecular weight is 245 g/mol. The standard InChI is InChI=1S/C13H15N3O2/c17-6-2-5-16-13-11-4-1-3-10(11)9(8-18)7-12(13)14-15-16/h7-8,17H,1-6H2. The van der Waals surface area contributed by atoms with Gasteiger partial charge in [0.15, 0.2) is 0 Å². The van der Waals surface area contributed by atoms with Crippen LogP contribution in [0.4, 0.5) is 0 Å². The van der Waals surface area contributed by atoms with E-state index in [-0.39, 0.29) is 6.61 Å². The molecule has 1 aromatic heterocycles. The van der Waals surface area contributed by atoms with Crippen molar-refractivity contribution in [3.8, 4) is 0 Å². The number of aromatic nitrogens is 3. The molecule has 0 fully saturated rings. The van der Waals surface area contributed by atoms with Crippen LogP contribution in [-0.4, -0.2) is 33.0 Å². The molecule has 0 amide bonds. The Morgan fingerprint density at radius 1 is 1.39 bits per heavy atom. The van der Waals surface area contributed by atoms with E-state index < -0.39 is 0 Å². The van der Waals surface area contributed by atoms with E-state index in [2.05, 4.69) is 10.3 Å². The summed E-state index contributed by atoms with van der Waals surface area (Å²) in [7, 11) is 0. The van der Waals surface area contributed by atoms with E-state index in [4.69, 9.17) is 5.11 Å². The van der Waals surface area contributed by atoms with Crippen LogP contribution in [0.2, 0.25) is 0 Å². The molecule has 0 aliphatic heterocycles. The van der Waals surface area contributed by atoms with Gasteiger partial charge in [-0.15, -0.1) is 5.10 Å². The highest BCUT2D eigenvalue weighted by Gasteiger charge is 2.21. The summed E-state index contributed by atoms with van der Waals surface area (Å²) in [6.07, 6.45) is 4.62. The third kappa shape index (κ3) is 1.62. The average Bonchev–Trinajstić information content (AvgIpc) is 3.01. The van der Waals surface area contributed by atoms with Crippen molar-refractivity contribution in [2.45, 2.75) is 32.2 Å². The van der Waals surface area contributed by atoms with Crippen LogP contribution < -0.4 is 0 Å². The monoisotopic (exact) mass is 245 g/mol. The number of benzene rings is 1. The highest BCUT2D eigenvalue weighted by Crippen LogP contribution is 2.31. The second kappa shape index (κ2) is 4.49. The maximum atomic E-state index is 11.1. The van der Waals surface area contributed by atoms with E-state index in [1.807, 2.05) is 10.7 Å². The van der Waals surface area contributed by atoms with Gasteiger partial charge < -0.3 is 5.11 Å². The molecule has 0 unspecified atom stereocenters. The van der Waals surface area contributed by atoms with E-state index in [1.165, 1.54) is 5.56 Å². The molecule has 94 valence electrons. The van der Waals surface area contributed by atoms with Gasteiger partial charge in [-0.3, -0.25) is 4.79 Å². The summed E-state index contributed by atoms with van der Waals surface area (Å²) in [5, 5.41) is 17.2. The van der Waals surface area contributed by atoms with Crippen molar-refractivity contribution < 1.29 is 9.90 Å². The summed E-state index contributed by atoms with van der Waals surface area (Å²) in [4.78, 5) is 11.1. The van der Waals surface area contributed by atoms with Gasteiger partial charge in [-0.25, -0.2) is 4.68 Å². The number of aryl methyl sites for hydroxylation is 2. The molecule has 0 atom stereocenters. The van der Waals surface area contributed by atoms with E-state index >= 15 is 0 Å². The summed E-state index contributed by atoms with van der Waals surface area (Å²) >= 11 is 0. The predicted octanol–water partition coefficient (Wildman–Crippen LogP) is 1.11. The van der Waals surface area contributed by atoms with Crippen LogP contribution in [-0.2, 0) is 19.4 Å². The summed E-state index contributed by atoms with van der Waals surface area (Å²) in [6, 6.07) is 1.83. The van der Waals surface area contributed by atoms with E-state index in [1.54, 1.807) is 0 Å². The van der Waals surface area contributed by atoms with Crippen molar-refractivity contribution in [2.75, 3.05) is 6.61 Å². The number of aliphatic hydroxyl groups excluding tert-OH is 1. The largest absolute Gasteiger partial charge is 0.396 e. The SMILES string of the molecule is O=Cc1cc2nnn(CCCO)c2c2c1CCC2. The Balaban J connectivity index is 2.19. The van der Waals surface area contributed by atoms with Crippen molar-refractivity contribution in [3.05, 3.63) is 22.8 Å². The predicted molar refractivity (Wildman–Crippen MR) is 66.6 cm³/mol. The Morgan fingerprint density at radius 2 is 2.22 bits per heavy atom. The Kier molecular flexibility index (Phi) is 2.83. The van der Waals surface area contributed by atoms with Crippen molar-refractivity contribution in [1.29, 1.82) is 0 Å². The Bertz CT molecular complexity index is 604. The van der Waals surface area contributed by atoms with Crippen LogP contribution in [0.25, 0.3) is 11.0 Å². The molecule has 1 aliphatic rings. The molecule has 0 saturated carbocycles. The molecule has 0 radical (unpaired) electrons. The number of rotatable bonds is 4. The van der Waals surface area contributed by atoms with E-state index in [0.29, 0.717) is 13.0 Å². The fourth-order valence-corrected chi connectivity index (χ4v) is 2.77. The molecular weight excluding hydrogens is 230 g/mol. The minimum absolute atomic E-state index is 0.149. The van der Waals surface area contributed by atoms with Gasteiger partial charge in [0.25, 0.3) is 0 Å². The highest BCUT2D eigenvalue weighted by atomic mass is 16.3. The number of fused-ring (bicyclic) bond motifs is 3. The minimum Gasteiger partial charge on any atom is -0.396 e. The molecule has 3 rings (SSSR count). The normalized spacial score (nSPS) is 14.1. The Hall–Kier alpha value is -1.75. The zero-order chi connectivity index (χ0) is 12.5. The molecule has 5 nitrogen and oxygen atoms in total. The smallest absolute Gasteiger partial charge is 0.150 e. The topological polar surface area (TPSA) is 68.0 Å². The lowest BCUT2D eigenvalue weighted by Gasteiger charge is -2.07. The Labute approximate surface area is 104 Å². The van der Waals surface area contributed by atoms with Crippen molar-refractivity contribution in [3.63, 3.8) is 0 Å². The van der Waals surface area contributed by atoms with Crippen LogP contribution in [0.5, 0.6) is 0 Å². The second-order valence-corrected chi connectivity index (χ2v) is 4.65. The van der Waals surface area contributed by atoms with Crippen LogP contribution >= 0.6 is 0 Å².